The summed E-state index contributed by atoms with van der Waals surface area (Å²) >= 11 is 0. The molecule has 0 unspecified atom stereocenters. The highest BCUT2D eigenvalue weighted by molar-refractivity contribution is 6.01. The van der Waals surface area contributed by atoms with E-state index in [4.69, 9.17) is 22.3 Å². The van der Waals surface area contributed by atoms with Crippen LogP contribution in [0.1, 0.15) is 27.8 Å². The van der Waals surface area contributed by atoms with Crippen molar-refractivity contribution in [2.75, 3.05) is 7.11 Å². The van der Waals surface area contributed by atoms with E-state index < -0.39 is 5.97 Å². The summed E-state index contributed by atoms with van der Waals surface area (Å²) < 4.78 is 4.64. The largest absolute Gasteiger partial charge is 0.466 e. The number of esters is 1. The summed E-state index contributed by atoms with van der Waals surface area (Å²) in [5, 5.41) is 16.5. The van der Waals surface area contributed by atoms with Crippen molar-refractivity contribution < 1.29 is 9.53 Å². The van der Waals surface area contributed by atoms with E-state index in [0.717, 1.165) is 38.9 Å². The third-order valence-electron chi connectivity index (χ3n) is 5.68. The van der Waals surface area contributed by atoms with Crippen LogP contribution in [0.15, 0.2) is 72.8 Å². The fourth-order valence-corrected chi connectivity index (χ4v) is 3.85. The second-order valence-corrected chi connectivity index (χ2v) is 7.92. The van der Waals surface area contributed by atoms with Gasteiger partial charge in [-0.15, -0.1) is 0 Å². The summed E-state index contributed by atoms with van der Waals surface area (Å²) in [7, 11) is 1.35. The van der Waals surface area contributed by atoms with Crippen molar-refractivity contribution in [2.24, 2.45) is 11.5 Å². The molecule has 4 aromatic rings. The van der Waals surface area contributed by atoms with Crippen LogP contribution < -0.4 is 11.5 Å². The molecule has 0 atom stereocenters. The number of hydrogen-bond donors (Lipinski definition) is 5. The number of rotatable bonds is 7. The molecule has 0 aliphatic heterocycles. The first-order valence-electron chi connectivity index (χ1n) is 10.6. The number of amidine groups is 2. The van der Waals surface area contributed by atoms with E-state index in [0.29, 0.717) is 17.5 Å². The van der Waals surface area contributed by atoms with E-state index in [-0.39, 0.29) is 11.7 Å². The van der Waals surface area contributed by atoms with Crippen LogP contribution in [0.2, 0.25) is 0 Å². The summed E-state index contributed by atoms with van der Waals surface area (Å²) in [6.45, 7) is 0. The minimum Gasteiger partial charge on any atom is -0.466 e. The standard InChI is InChI=1S/C27H25N5O2/c1-34-24(33)13-6-16-2-4-17(5-3-16)14-22-21-12-11-20(27(30)31)15-23(21)32-25(22)18-7-9-19(10-8-18)26(28)29/h2-13,15,32H,14H2,1H3,(H3,28,29)(H3,30,31). The van der Waals surface area contributed by atoms with Gasteiger partial charge in [0, 0.05) is 34.5 Å². The fraction of sp³-hybridized carbons (Fsp3) is 0.0741. The zero-order chi connectivity index (χ0) is 24.2. The Labute approximate surface area is 197 Å². The molecule has 0 amide bonds. The van der Waals surface area contributed by atoms with Gasteiger partial charge in [-0.1, -0.05) is 60.7 Å². The molecule has 0 saturated carbocycles. The van der Waals surface area contributed by atoms with Crippen LogP contribution in [-0.4, -0.2) is 29.7 Å². The lowest BCUT2D eigenvalue weighted by Crippen LogP contribution is -2.10. The molecule has 0 radical (unpaired) electrons. The first-order valence-corrected chi connectivity index (χ1v) is 10.6. The molecular formula is C27H25N5O2. The van der Waals surface area contributed by atoms with Gasteiger partial charge in [0.2, 0.25) is 0 Å². The molecule has 1 heterocycles. The van der Waals surface area contributed by atoms with E-state index in [9.17, 15) is 4.79 Å². The van der Waals surface area contributed by atoms with Gasteiger partial charge < -0.3 is 21.2 Å². The number of nitrogen functional groups attached to an aromatic ring is 2. The molecule has 0 bridgehead atoms. The lowest BCUT2D eigenvalue weighted by atomic mass is 9.97. The van der Waals surface area contributed by atoms with Crippen molar-refractivity contribution in [3.8, 4) is 11.3 Å². The summed E-state index contributed by atoms with van der Waals surface area (Å²) in [5.74, 6) is -0.356. The predicted molar refractivity (Wildman–Crippen MR) is 136 cm³/mol. The number of carbonyl (C=O) groups is 1. The lowest BCUT2D eigenvalue weighted by Gasteiger charge is -2.08. The molecule has 170 valence electrons. The maximum atomic E-state index is 11.3. The van der Waals surface area contributed by atoms with Crippen molar-refractivity contribution >= 4 is 34.6 Å². The average Bonchev–Trinajstić information content (AvgIpc) is 3.20. The van der Waals surface area contributed by atoms with Crippen molar-refractivity contribution in [1.29, 1.82) is 10.8 Å². The minimum absolute atomic E-state index is 0.0148. The van der Waals surface area contributed by atoms with Gasteiger partial charge in [0.05, 0.1) is 12.8 Å². The van der Waals surface area contributed by atoms with Gasteiger partial charge in [0.25, 0.3) is 0 Å². The molecule has 4 rings (SSSR count). The van der Waals surface area contributed by atoms with Gasteiger partial charge >= 0.3 is 5.97 Å². The normalized spacial score (nSPS) is 11.1. The van der Waals surface area contributed by atoms with Gasteiger partial charge in [-0.2, -0.15) is 0 Å². The molecule has 1 aromatic heterocycles. The second kappa shape index (κ2) is 9.46. The van der Waals surface area contributed by atoms with E-state index >= 15 is 0 Å². The van der Waals surface area contributed by atoms with Crippen molar-refractivity contribution in [3.05, 3.63) is 101 Å². The Morgan fingerprint density at radius 1 is 0.941 bits per heavy atom. The van der Waals surface area contributed by atoms with Gasteiger partial charge in [-0.25, -0.2) is 4.79 Å². The molecule has 0 spiro atoms. The fourth-order valence-electron chi connectivity index (χ4n) is 3.85. The number of carbonyl (C=O) groups excluding carboxylic acids is 1. The Morgan fingerprint density at radius 3 is 2.21 bits per heavy atom. The number of H-pyrrole nitrogens is 1. The molecule has 3 aromatic carbocycles. The van der Waals surface area contributed by atoms with E-state index in [2.05, 4.69) is 9.72 Å². The number of nitrogens with one attached hydrogen (secondary N) is 3. The zero-order valence-corrected chi connectivity index (χ0v) is 18.7. The third-order valence-corrected chi connectivity index (χ3v) is 5.68. The van der Waals surface area contributed by atoms with Gasteiger partial charge in [0.15, 0.2) is 0 Å². The Morgan fingerprint density at radius 2 is 1.59 bits per heavy atom. The number of fused-ring (bicyclic) bond motifs is 1. The van der Waals surface area contributed by atoms with Crippen LogP contribution in [0, 0.1) is 10.8 Å². The molecule has 34 heavy (non-hydrogen) atoms. The maximum absolute atomic E-state index is 11.3. The summed E-state index contributed by atoms with van der Waals surface area (Å²) in [6, 6.07) is 21.2. The first-order chi connectivity index (χ1) is 16.4. The molecule has 7 N–H and O–H groups in total. The molecule has 7 nitrogen and oxygen atoms in total. The van der Waals surface area contributed by atoms with Crippen molar-refractivity contribution in [1.82, 2.24) is 4.98 Å². The highest BCUT2D eigenvalue weighted by Gasteiger charge is 2.15. The smallest absolute Gasteiger partial charge is 0.330 e. The first kappa shape index (κ1) is 22.5. The highest BCUT2D eigenvalue weighted by atomic mass is 16.5. The Hall–Kier alpha value is -4.65. The quantitative estimate of drug-likeness (QED) is 0.124. The Bertz CT molecular complexity index is 1410. The summed E-state index contributed by atoms with van der Waals surface area (Å²) in [5.41, 5.74) is 18.6. The van der Waals surface area contributed by atoms with Crippen molar-refractivity contribution in [2.45, 2.75) is 6.42 Å². The van der Waals surface area contributed by atoms with Gasteiger partial charge in [0.1, 0.15) is 11.7 Å². The molecular weight excluding hydrogens is 426 g/mol. The van der Waals surface area contributed by atoms with E-state index in [1.54, 1.807) is 6.08 Å². The Kier molecular flexibility index (Phi) is 6.27. The number of aromatic amines is 1. The zero-order valence-electron chi connectivity index (χ0n) is 18.7. The van der Waals surface area contributed by atoms with Crippen LogP contribution in [-0.2, 0) is 16.0 Å². The predicted octanol–water partition coefficient (Wildman–Crippen LogP) is 4.18. The molecule has 0 aliphatic rings. The number of ether oxygens (including phenoxy) is 1. The van der Waals surface area contributed by atoms with Crippen LogP contribution in [0.3, 0.4) is 0 Å². The summed E-state index contributed by atoms with van der Waals surface area (Å²) in [4.78, 5) is 14.8. The number of benzene rings is 3. The maximum Gasteiger partial charge on any atom is 0.330 e. The molecule has 0 aliphatic carbocycles. The van der Waals surface area contributed by atoms with Crippen LogP contribution in [0.25, 0.3) is 28.2 Å². The summed E-state index contributed by atoms with van der Waals surface area (Å²) in [6.07, 6.45) is 3.78. The average molecular weight is 452 g/mol. The monoisotopic (exact) mass is 451 g/mol. The number of hydrogen-bond acceptors (Lipinski definition) is 4. The number of methoxy groups -OCH3 is 1. The third kappa shape index (κ3) is 4.73. The van der Waals surface area contributed by atoms with Gasteiger partial charge in [-0.3, -0.25) is 10.8 Å². The lowest BCUT2D eigenvalue weighted by molar-refractivity contribution is -0.134. The number of aromatic nitrogens is 1. The molecule has 0 saturated heterocycles. The Balaban J connectivity index is 1.74. The van der Waals surface area contributed by atoms with E-state index in [1.807, 2.05) is 66.7 Å². The highest BCUT2D eigenvalue weighted by Crippen LogP contribution is 2.33. The molecule has 0 fully saturated rings. The van der Waals surface area contributed by atoms with Crippen molar-refractivity contribution in [3.63, 3.8) is 0 Å². The topological polar surface area (TPSA) is 142 Å². The van der Waals surface area contributed by atoms with Crippen LogP contribution >= 0.6 is 0 Å². The number of nitrogens with two attached hydrogens (primary N) is 2. The van der Waals surface area contributed by atoms with Crippen LogP contribution in [0.4, 0.5) is 0 Å². The van der Waals surface area contributed by atoms with E-state index in [1.165, 1.54) is 13.2 Å². The SMILES string of the molecule is COC(=O)C=Cc1ccc(Cc2c(-c3ccc(C(=N)N)cc3)[nH]c3cc(C(=N)N)ccc23)cc1. The second-order valence-electron chi connectivity index (χ2n) is 7.92. The minimum atomic E-state index is -0.395. The van der Waals surface area contributed by atoms with Gasteiger partial charge in [-0.05, 0) is 34.4 Å². The van der Waals surface area contributed by atoms with Crippen LogP contribution in [0.5, 0.6) is 0 Å². The molecule has 7 heteroatoms.